The van der Waals surface area contributed by atoms with E-state index in [4.69, 9.17) is 14.2 Å². The predicted octanol–water partition coefficient (Wildman–Crippen LogP) is 5.63. The van der Waals surface area contributed by atoms with Crippen LogP contribution < -0.4 is 14.2 Å². The minimum atomic E-state index is -0.436. The molecule has 0 amide bonds. The van der Waals surface area contributed by atoms with Gasteiger partial charge >= 0.3 is 5.97 Å². The van der Waals surface area contributed by atoms with E-state index in [0.717, 1.165) is 28.6 Å². The molecule has 1 aromatic heterocycles. The zero-order valence-corrected chi connectivity index (χ0v) is 19.8. The van der Waals surface area contributed by atoms with Crippen LogP contribution in [0, 0.1) is 6.92 Å². The Morgan fingerprint density at radius 1 is 0.882 bits per heavy atom. The zero-order valence-electron chi connectivity index (χ0n) is 19.8. The molecule has 0 radical (unpaired) electrons. The number of hydrogen-bond acceptors (Lipinski definition) is 5. The number of nitrogens with zero attached hydrogens (tertiary/aromatic N) is 1. The fourth-order valence-corrected chi connectivity index (χ4v) is 4.27. The molecular formula is C28H27NO5. The summed E-state index contributed by atoms with van der Waals surface area (Å²) in [5.74, 6) is 1.31. The van der Waals surface area contributed by atoms with Gasteiger partial charge in [0.05, 0.1) is 19.8 Å². The van der Waals surface area contributed by atoms with Crippen LogP contribution in [-0.4, -0.2) is 30.5 Å². The van der Waals surface area contributed by atoms with Gasteiger partial charge in [-0.2, -0.15) is 0 Å². The molecule has 0 aliphatic carbocycles. The Bertz CT molecular complexity index is 1350. The Morgan fingerprint density at radius 3 is 2.29 bits per heavy atom. The number of aromatic nitrogens is 1. The van der Waals surface area contributed by atoms with Gasteiger partial charge in [-0.15, -0.1) is 0 Å². The standard InChI is InChI=1S/C28H27NO5/c1-18-27(19(2)30)23-17-22(34-28(31)21-8-6-5-7-9-21)11-12-24(23)29(18)15-14-20-10-13-25(32-3)26(16-20)33-4/h5-13,16-17H,14-15H2,1-4H3. The first-order valence-corrected chi connectivity index (χ1v) is 11.0. The molecule has 0 spiro atoms. The number of esters is 1. The number of benzene rings is 3. The average molecular weight is 458 g/mol. The smallest absolute Gasteiger partial charge is 0.343 e. The SMILES string of the molecule is COc1ccc(CCn2c(C)c(C(C)=O)c3cc(OC(=O)c4ccccc4)ccc32)cc1OC. The summed E-state index contributed by atoms with van der Waals surface area (Å²) < 4.78 is 18.5. The van der Waals surface area contributed by atoms with Crippen molar-refractivity contribution < 1.29 is 23.8 Å². The molecule has 34 heavy (non-hydrogen) atoms. The van der Waals surface area contributed by atoms with Crippen LogP contribution in [0.4, 0.5) is 0 Å². The van der Waals surface area contributed by atoms with Crippen LogP contribution in [0.3, 0.4) is 0 Å². The molecule has 6 nitrogen and oxygen atoms in total. The number of ether oxygens (including phenoxy) is 3. The minimum Gasteiger partial charge on any atom is -0.493 e. The third kappa shape index (κ3) is 4.53. The largest absolute Gasteiger partial charge is 0.493 e. The highest BCUT2D eigenvalue weighted by atomic mass is 16.5. The van der Waals surface area contributed by atoms with Gasteiger partial charge in [-0.3, -0.25) is 4.79 Å². The van der Waals surface area contributed by atoms with Crippen molar-refractivity contribution in [1.82, 2.24) is 4.57 Å². The molecule has 3 aromatic carbocycles. The second kappa shape index (κ2) is 9.83. The summed E-state index contributed by atoms with van der Waals surface area (Å²) in [6.07, 6.45) is 0.743. The van der Waals surface area contributed by atoms with Gasteiger partial charge in [-0.05, 0) is 68.3 Å². The Morgan fingerprint density at radius 2 is 1.62 bits per heavy atom. The van der Waals surface area contributed by atoms with Crippen molar-refractivity contribution in [3.8, 4) is 17.2 Å². The van der Waals surface area contributed by atoms with Crippen molar-refractivity contribution in [2.75, 3.05) is 14.2 Å². The first-order valence-electron chi connectivity index (χ1n) is 11.0. The fraction of sp³-hybridized carbons (Fsp3) is 0.214. The highest BCUT2D eigenvalue weighted by Crippen LogP contribution is 2.32. The number of fused-ring (bicyclic) bond motifs is 1. The molecular weight excluding hydrogens is 430 g/mol. The van der Waals surface area contributed by atoms with Crippen LogP contribution in [-0.2, 0) is 13.0 Å². The second-order valence-electron chi connectivity index (χ2n) is 8.04. The molecule has 0 unspecified atom stereocenters. The monoisotopic (exact) mass is 457 g/mol. The molecule has 6 heteroatoms. The summed E-state index contributed by atoms with van der Waals surface area (Å²) in [4.78, 5) is 25.0. The Kier molecular flexibility index (Phi) is 6.68. The normalized spacial score (nSPS) is 10.8. The van der Waals surface area contributed by atoms with Gasteiger partial charge in [0.2, 0.25) is 0 Å². The van der Waals surface area contributed by atoms with E-state index in [2.05, 4.69) is 4.57 Å². The van der Waals surface area contributed by atoms with E-state index in [0.29, 0.717) is 34.9 Å². The fourth-order valence-electron chi connectivity index (χ4n) is 4.27. The van der Waals surface area contributed by atoms with E-state index in [1.807, 2.05) is 37.3 Å². The lowest BCUT2D eigenvalue weighted by Crippen LogP contribution is -2.08. The maximum absolute atomic E-state index is 12.5. The molecule has 0 aliphatic heterocycles. The second-order valence-corrected chi connectivity index (χ2v) is 8.04. The quantitative estimate of drug-likeness (QED) is 0.195. The van der Waals surface area contributed by atoms with E-state index in [-0.39, 0.29) is 5.78 Å². The third-order valence-corrected chi connectivity index (χ3v) is 5.94. The minimum absolute atomic E-state index is 0.0288. The lowest BCUT2D eigenvalue weighted by atomic mass is 10.1. The number of hydrogen-bond donors (Lipinski definition) is 0. The van der Waals surface area contributed by atoms with Crippen molar-refractivity contribution in [2.24, 2.45) is 0 Å². The van der Waals surface area contributed by atoms with Gasteiger partial charge in [-0.1, -0.05) is 24.3 Å². The molecule has 0 saturated heterocycles. The van der Waals surface area contributed by atoms with Crippen LogP contribution in [0.2, 0.25) is 0 Å². The number of carbonyl (C=O) groups excluding carboxylic acids is 2. The van der Waals surface area contributed by atoms with Crippen LogP contribution in [0.25, 0.3) is 10.9 Å². The molecule has 0 aliphatic rings. The third-order valence-electron chi connectivity index (χ3n) is 5.94. The van der Waals surface area contributed by atoms with Crippen LogP contribution in [0.1, 0.15) is 38.9 Å². The molecule has 174 valence electrons. The molecule has 4 rings (SSSR count). The van der Waals surface area contributed by atoms with Gasteiger partial charge in [0.25, 0.3) is 0 Å². The zero-order chi connectivity index (χ0) is 24.2. The first-order chi connectivity index (χ1) is 16.4. The average Bonchev–Trinajstić information content (AvgIpc) is 3.13. The van der Waals surface area contributed by atoms with Gasteiger partial charge in [-0.25, -0.2) is 4.79 Å². The van der Waals surface area contributed by atoms with Crippen LogP contribution in [0.5, 0.6) is 17.2 Å². The number of carbonyl (C=O) groups is 2. The van der Waals surface area contributed by atoms with Crippen LogP contribution >= 0.6 is 0 Å². The molecule has 4 aromatic rings. The van der Waals surface area contributed by atoms with Crippen molar-refractivity contribution in [1.29, 1.82) is 0 Å². The molecule has 0 saturated carbocycles. The van der Waals surface area contributed by atoms with E-state index in [9.17, 15) is 9.59 Å². The lowest BCUT2D eigenvalue weighted by molar-refractivity contribution is 0.0735. The summed E-state index contributed by atoms with van der Waals surface area (Å²) in [5.41, 5.74) is 4.01. The van der Waals surface area contributed by atoms with Crippen molar-refractivity contribution in [2.45, 2.75) is 26.8 Å². The number of rotatable bonds is 8. The highest BCUT2D eigenvalue weighted by Gasteiger charge is 2.19. The number of aryl methyl sites for hydroxylation is 2. The van der Waals surface area contributed by atoms with Gasteiger partial charge < -0.3 is 18.8 Å². The number of methoxy groups -OCH3 is 2. The van der Waals surface area contributed by atoms with Gasteiger partial charge in [0.1, 0.15) is 5.75 Å². The Hall–Kier alpha value is -4.06. The predicted molar refractivity (Wildman–Crippen MR) is 131 cm³/mol. The van der Waals surface area contributed by atoms with E-state index in [1.54, 1.807) is 57.5 Å². The van der Waals surface area contributed by atoms with Crippen molar-refractivity contribution in [3.63, 3.8) is 0 Å². The molecule has 0 fully saturated rings. The van der Waals surface area contributed by atoms with Crippen molar-refractivity contribution in [3.05, 3.63) is 89.1 Å². The summed E-state index contributed by atoms with van der Waals surface area (Å²) in [6.45, 7) is 4.18. The van der Waals surface area contributed by atoms with Gasteiger partial charge in [0, 0.05) is 28.7 Å². The number of ketones is 1. The Balaban J connectivity index is 1.65. The highest BCUT2D eigenvalue weighted by molar-refractivity contribution is 6.09. The lowest BCUT2D eigenvalue weighted by Gasteiger charge is -2.12. The summed E-state index contributed by atoms with van der Waals surface area (Å²) in [5, 5.41) is 0.774. The Labute approximate surface area is 198 Å². The summed E-state index contributed by atoms with van der Waals surface area (Å²) in [7, 11) is 3.23. The molecule has 0 bridgehead atoms. The van der Waals surface area contributed by atoms with E-state index >= 15 is 0 Å². The molecule has 0 N–H and O–H groups in total. The maximum atomic E-state index is 12.5. The first kappa shape index (κ1) is 23.1. The van der Waals surface area contributed by atoms with Crippen molar-refractivity contribution >= 4 is 22.7 Å². The maximum Gasteiger partial charge on any atom is 0.343 e. The van der Waals surface area contributed by atoms with Gasteiger partial charge in [0.15, 0.2) is 17.3 Å². The van der Waals surface area contributed by atoms with Crippen LogP contribution in [0.15, 0.2) is 66.7 Å². The molecule has 1 heterocycles. The summed E-state index contributed by atoms with van der Waals surface area (Å²) in [6, 6.07) is 20.1. The summed E-state index contributed by atoms with van der Waals surface area (Å²) >= 11 is 0. The van der Waals surface area contributed by atoms with E-state index < -0.39 is 5.97 Å². The van der Waals surface area contributed by atoms with E-state index in [1.165, 1.54) is 0 Å². The molecule has 0 atom stereocenters. The topological polar surface area (TPSA) is 66.8 Å². The number of Topliss-reactive ketones (excluding diaryl/α,β-unsaturated/α-hetero) is 1.